The van der Waals surface area contributed by atoms with E-state index in [1.165, 1.54) is 36.9 Å². The number of fused-ring (bicyclic) bond motifs is 1. The van der Waals surface area contributed by atoms with Gasteiger partial charge in [-0.05, 0) is 11.4 Å². The zero-order valence-electron chi connectivity index (χ0n) is 15.4. The minimum Gasteiger partial charge on any atom is -0.493 e. The van der Waals surface area contributed by atoms with E-state index in [-0.39, 0.29) is 10.8 Å². The van der Waals surface area contributed by atoms with Crippen LogP contribution in [0.15, 0.2) is 29.6 Å². The van der Waals surface area contributed by atoms with Crippen molar-refractivity contribution >= 4 is 60.3 Å². The number of halogens is 3. The number of nitrogens with one attached hydrogen (secondary N) is 1. The summed E-state index contributed by atoms with van der Waals surface area (Å²) in [5.74, 6) is -0.878. The number of methoxy groups -OCH3 is 2. The van der Waals surface area contributed by atoms with Crippen molar-refractivity contribution in [2.45, 2.75) is 6.18 Å². The monoisotopic (exact) mass is 471 g/mol. The van der Waals surface area contributed by atoms with Gasteiger partial charge in [-0.25, -0.2) is 9.97 Å². The quantitative estimate of drug-likeness (QED) is 0.349. The van der Waals surface area contributed by atoms with E-state index >= 15 is 0 Å². The van der Waals surface area contributed by atoms with Gasteiger partial charge in [-0.1, -0.05) is 28.7 Å². The van der Waals surface area contributed by atoms with Gasteiger partial charge >= 0.3 is 6.18 Å². The third-order valence-corrected chi connectivity index (χ3v) is 6.73. The summed E-state index contributed by atoms with van der Waals surface area (Å²) in [5, 5.41) is 5.18. The number of benzene rings is 1. The van der Waals surface area contributed by atoms with Crippen LogP contribution in [-0.2, 0) is 0 Å². The number of thiophene rings is 1. The average Bonchev–Trinajstić information content (AvgIpc) is 3.44. The first-order chi connectivity index (χ1) is 14.3. The van der Waals surface area contributed by atoms with Crippen LogP contribution in [0.2, 0.25) is 0 Å². The number of carbonyl (C=O) groups excluding carboxylic acids is 1. The van der Waals surface area contributed by atoms with Gasteiger partial charge in [0.05, 0.1) is 29.3 Å². The van der Waals surface area contributed by atoms with E-state index < -0.39 is 16.8 Å². The number of ketones is 1. The number of carbonyl (C=O) groups is 1. The summed E-state index contributed by atoms with van der Waals surface area (Å²) < 4.78 is 50.5. The number of hydrogen-bond acceptors (Lipinski definition) is 9. The second-order valence-electron chi connectivity index (χ2n) is 5.82. The van der Waals surface area contributed by atoms with Crippen LogP contribution in [0.1, 0.15) is 9.67 Å². The smallest absolute Gasteiger partial charge is 0.455 e. The Bertz CT molecular complexity index is 1180. The predicted molar refractivity (Wildman–Crippen MR) is 112 cm³/mol. The predicted octanol–water partition coefficient (Wildman–Crippen LogP) is 5.99. The van der Waals surface area contributed by atoms with E-state index in [1.807, 2.05) is 0 Å². The summed E-state index contributed by atoms with van der Waals surface area (Å²) in [4.78, 5) is 20.6. The molecule has 0 radical (unpaired) electrons. The third-order valence-electron chi connectivity index (χ3n) is 3.95. The van der Waals surface area contributed by atoms with E-state index in [0.717, 1.165) is 4.70 Å². The van der Waals surface area contributed by atoms with Crippen molar-refractivity contribution in [3.05, 3.63) is 34.5 Å². The lowest BCUT2D eigenvalue weighted by atomic mass is 10.2. The first-order valence-corrected chi connectivity index (χ1v) is 10.8. The molecule has 6 nitrogen and oxygen atoms in total. The molecule has 30 heavy (non-hydrogen) atoms. The lowest BCUT2D eigenvalue weighted by molar-refractivity contribution is -0.0882. The topological polar surface area (TPSA) is 73.3 Å². The number of hydrogen-bond donors (Lipinski definition) is 1. The highest BCUT2D eigenvalue weighted by Gasteiger charge is 2.42. The number of thiazole rings is 2. The van der Waals surface area contributed by atoms with Gasteiger partial charge in [0.25, 0.3) is 5.78 Å². The summed E-state index contributed by atoms with van der Waals surface area (Å²) in [6, 6.07) is 6.76. The molecule has 0 bridgehead atoms. The van der Waals surface area contributed by atoms with Crippen LogP contribution in [0.5, 0.6) is 11.5 Å². The summed E-state index contributed by atoms with van der Waals surface area (Å²) in [7, 11) is 3.03. The summed E-state index contributed by atoms with van der Waals surface area (Å²) >= 11 is 3.12. The average molecular weight is 472 g/mol. The van der Waals surface area contributed by atoms with Crippen LogP contribution < -0.4 is 14.8 Å². The van der Waals surface area contributed by atoms with Crippen molar-refractivity contribution in [3.63, 3.8) is 0 Å². The molecule has 3 heterocycles. The highest BCUT2D eigenvalue weighted by atomic mass is 32.1. The molecule has 0 amide bonds. The van der Waals surface area contributed by atoms with Crippen LogP contribution in [-0.4, -0.2) is 36.1 Å². The minimum atomic E-state index is -4.99. The summed E-state index contributed by atoms with van der Waals surface area (Å²) in [5.41, 5.74) is 0.631. The van der Waals surface area contributed by atoms with Crippen molar-refractivity contribution in [1.82, 2.24) is 9.97 Å². The highest BCUT2D eigenvalue weighted by molar-refractivity contribution is 7.23. The van der Waals surface area contributed by atoms with Gasteiger partial charge in [-0.3, -0.25) is 4.79 Å². The Morgan fingerprint density at radius 3 is 2.40 bits per heavy atom. The number of Topliss-reactive ketones (excluding diaryl/α,β-unsaturated/α-hetero) is 1. The maximum absolute atomic E-state index is 13.1. The van der Waals surface area contributed by atoms with Crippen molar-refractivity contribution in [3.8, 4) is 22.1 Å². The zero-order valence-corrected chi connectivity index (χ0v) is 17.8. The lowest BCUT2D eigenvalue weighted by Crippen LogP contribution is -2.22. The number of alkyl halides is 3. The van der Waals surface area contributed by atoms with E-state index in [4.69, 9.17) is 9.47 Å². The minimum absolute atomic E-state index is 0.00396. The number of rotatable bonds is 6. The Morgan fingerprint density at radius 2 is 1.77 bits per heavy atom. The Labute approximate surface area is 179 Å². The van der Waals surface area contributed by atoms with Crippen LogP contribution >= 0.6 is 34.0 Å². The fraction of sp³-hybridized carbons (Fsp3) is 0.167. The van der Waals surface area contributed by atoms with Crippen molar-refractivity contribution < 1.29 is 27.4 Å². The van der Waals surface area contributed by atoms with Crippen LogP contribution in [0, 0.1) is 0 Å². The molecule has 156 valence electrons. The van der Waals surface area contributed by atoms with Crippen LogP contribution in [0.3, 0.4) is 0 Å². The highest BCUT2D eigenvalue weighted by Crippen LogP contribution is 2.40. The molecule has 0 atom stereocenters. The molecule has 0 saturated heterocycles. The molecular weight excluding hydrogens is 459 g/mol. The molecular formula is C18H12F3N3O3S3. The second kappa shape index (κ2) is 7.85. The van der Waals surface area contributed by atoms with E-state index in [9.17, 15) is 18.0 Å². The van der Waals surface area contributed by atoms with Gasteiger partial charge in [0.15, 0.2) is 21.8 Å². The molecule has 0 saturated carbocycles. The molecule has 0 spiro atoms. The van der Waals surface area contributed by atoms with Gasteiger partial charge < -0.3 is 14.8 Å². The normalized spacial score (nSPS) is 11.6. The Morgan fingerprint density at radius 1 is 1.07 bits per heavy atom. The van der Waals surface area contributed by atoms with Crippen molar-refractivity contribution in [2.75, 3.05) is 19.5 Å². The first kappa shape index (κ1) is 20.6. The molecule has 4 aromatic rings. The maximum atomic E-state index is 13.1. The Kier molecular flexibility index (Phi) is 5.38. The van der Waals surface area contributed by atoms with Gasteiger partial charge in [-0.15, -0.1) is 11.3 Å². The van der Waals surface area contributed by atoms with E-state index in [0.29, 0.717) is 38.4 Å². The fourth-order valence-electron chi connectivity index (χ4n) is 2.64. The molecule has 1 N–H and O–H groups in total. The molecule has 12 heteroatoms. The molecule has 0 unspecified atom stereocenters. The second-order valence-corrected chi connectivity index (χ2v) is 8.80. The van der Waals surface area contributed by atoms with E-state index in [1.54, 1.807) is 29.6 Å². The number of aromatic nitrogens is 2. The van der Waals surface area contributed by atoms with Gasteiger partial charge in [0.2, 0.25) is 0 Å². The van der Waals surface area contributed by atoms with Crippen molar-refractivity contribution in [2.24, 2.45) is 0 Å². The lowest BCUT2D eigenvalue weighted by Gasteiger charge is -2.05. The number of nitrogens with zero attached hydrogens (tertiary/aromatic N) is 2. The van der Waals surface area contributed by atoms with Gasteiger partial charge in [-0.2, -0.15) is 13.2 Å². The molecule has 0 fully saturated rings. The summed E-state index contributed by atoms with van der Waals surface area (Å²) in [6.45, 7) is 0. The van der Waals surface area contributed by atoms with Crippen LogP contribution in [0.4, 0.5) is 23.4 Å². The molecule has 0 aliphatic heterocycles. The molecule has 1 aromatic carbocycles. The van der Waals surface area contributed by atoms with Gasteiger partial charge in [0, 0.05) is 12.1 Å². The number of anilines is 2. The SMILES string of the molecule is COc1cc2nc(Nc3nc(-c4cccs4)c(C(=O)C(F)(F)F)s3)sc2cc1OC. The summed E-state index contributed by atoms with van der Waals surface area (Å²) in [6.07, 6.45) is -4.99. The molecule has 3 aromatic heterocycles. The van der Waals surface area contributed by atoms with Gasteiger partial charge in [0.1, 0.15) is 10.6 Å². The molecule has 4 rings (SSSR count). The van der Waals surface area contributed by atoms with E-state index in [2.05, 4.69) is 15.3 Å². The molecule has 0 aliphatic rings. The Hall–Kier alpha value is -2.70. The number of ether oxygens (including phenoxy) is 2. The first-order valence-electron chi connectivity index (χ1n) is 8.26. The fourth-order valence-corrected chi connectivity index (χ4v) is 5.30. The van der Waals surface area contributed by atoms with Crippen molar-refractivity contribution in [1.29, 1.82) is 0 Å². The third kappa shape index (κ3) is 3.85. The standard InChI is InChI=1S/C18H12F3N3O3S3/c1-26-9-6-8-12(7-10(9)27-2)29-16(22-8)24-17-23-13(11-4-3-5-28-11)14(30-17)15(25)18(19,20)21/h3-7H,1-2H3,(H,22,23,24). The van der Waals surface area contributed by atoms with Crippen LogP contribution in [0.25, 0.3) is 20.8 Å². The molecule has 0 aliphatic carbocycles. The Balaban J connectivity index is 1.72. The maximum Gasteiger partial charge on any atom is 0.455 e. The zero-order chi connectivity index (χ0) is 21.5. The largest absolute Gasteiger partial charge is 0.493 e.